The predicted octanol–water partition coefficient (Wildman–Crippen LogP) is 5.79. The van der Waals surface area contributed by atoms with Crippen molar-refractivity contribution >= 4 is 40.5 Å². The standard InChI is InChI=1S/C30H26ClNO7/c1-18(2)32-29(34)24-15-21-8-11-23(16-26(21)39-30(24)35)38-28(33)13-7-19-6-12-25(27(14-19)36-3)37-17-20-4-9-22(31)10-5-20/h4-16,18H,17H2,1-3H3,(H,32,34)/b13-7+. The minimum Gasteiger partial charge on any atom is -0.493 e. The number of esters is 1. The fourth-order valence-electron chi connectivity index (χ4n) is 3.62. The Labute approximate surface area is 229 Å². The number of carbonyl (C=O) groups is 2. The largest absolute Gasteiger partial charge is 0.493 e. The number of amides is 1. The molecule has 0 saturated heterocycles. The van der Waals surface area contributed by atoms with Crippen LogP contribution in [0, 0.1) is 0 Å². The van der Waals surface area contributed by atoms with Crippen LogP contribution in [-0.2, 0) is 11.4 Å². The molecule has 4 aromatic rings. The number of carbonyl (C=O) groups excluding carboxylic acids is 2. The molecule has 0 radical (unpaired) electrons. The van der Waals surface area contributed by atoms with Crippen molar-refractivity contribution in [2.45, 2.75) is 26.5 Å². The second-order valence-electron chi connectivity index (χ2n) is 8.86. The normalized spacial score (nSPS) is 11.1. The molecule has 3 aromatic carbocycles. The van der Waals surface area contributed by atoms with Crippen LogP contribution in [0.15, 0.2) is 82.0 Å². The van der Waals surface area contributed by atoms with E-state index in [1.165, 1.54) is 25.3 Å². The van der Waals surface area contributed by atoms with Gasteiger partial charge >= 0.3 is 11.6 Å². The summed E-state index contributed by atoms with van der Waals surface area (Å²) in [6.45, 7) is 3.92. The molecule has 1 heterocycles. The van der Waals surface area contributed by atoms with Gasteiger partial charge in [-0.1, -0.05) is 29.8 Å². The van der Waals surface area contributed by atoms with Crippen molar-refractivity contribution in [2.75, 3.05) is 7.11 Å². The Morgan fingerprint density at radius 3 is 2.49 bits per heavy atom. The Hall–Kier alpha value is -4.56. The second-order valence-corrected chi connectivity index (χ2v) is 9.29. The van der Waals surface area contributed by atoms with Gasteiger partial charge in [-0.3, -0.25) is 4.79 Å². The summed E-state index contributed by atoms with van der Waals surface area (Å²) in [6, 6.07) is 18.5. The first-order valence-corrected chi connectivity index (χ1v) is 12.4. The molecule has 1 N–H and O–H groups in total. The predicted molar refractivity (Wildman–Crippen MR) is 149 cm³/mol. The highest BCUT2D eigenvalue weighted by Crippen LogP contribution is 2.29. The third-order valence-electron chi connectivity index (χ3n) is 5.50. The van der Waals surface area contributed by atoms with Crippen molar-refractivity contribution in [2.24, 2.45) is 0 Å². The van der Waals surface area contributed by atoms with E-state index in [0.29, 0.717) is 34.1 Å². The third-order valence-corrected chi connectivity index (χ3v) is 5.75. The van der Waals surface area contributed by atoms with Crippen LogP contribution in [0.25, 0.3) is 17.0 Å². The molecule has 0 fully saturated rings. The van der Waals surface area contributed by atoms with E-state index in [-0.39, 0.29) is 22.9 Å². The molecule has 9 heteroatoms. The maximum atomic E-state index is 12.4. The molecule has 0 aliphatic heterocycles. The summed E-state index contributed by atoms with van der Waals surface area (Å²) in [7, 11) is 1.53. The molecular formula is C30H26ClNO7. The summed E-state index contributed by atoms with van der Waals surface area (Å²) in [5.74, 6) is 0.0918. The Morgan fingerprint density at radius 2 is 1.77 bits per heavy atom. The number of rotatable bonds is 9. The van der Waals surface area contributed by atoms with Crippen LogP contribution in [0.1, 0.15) is 35.3 Å². The molecular weight excluding hydrogens is 522 g/mol. The van der Waals surface area contributed by atoms with E-state index in [2.05, 4.69) is 5.32 Å². The molecule has 0 atom stereocenters. The third kappa shape index (κ3) is 7.27. The van der Waals surface area contributed by atoms with Crippen molar-refractivity contribution in [3.8, 4) is 17.2 Å². The van der Waals surface area contributed by atoms with E-state index >= 15 is 0 Å². The average molecular weight is 548 g/mol. The van der Waals surface area contributed by atoms with Crippen LogP contribution in [0.4, 0.5) is 0 Å². The lowest BCUT2D eigenvalue weighted by Crippen LogP contribution is -2.33. The summed E-state index contributed by atoms with van der Waals surface area (Å²) >= 11 is 5.92. The van der Waals surface area contributed by atoms with E-state index in [9.17, 15) is 14.4 Å². The molecule has 0 saturated carbocycles. The first-order valence-electron chi connectivity index (χ1n) is 12.1. The Morgan fingerprint density at radius 1 is 1.00 bits per heavy atom. The van der Waals surface area contributed by atoms with Gasteiger partial charge in [0.2, 0.25) is 0 Å². The monoisotopic (exact) mass is 547 g/mol. The number of nitrogens with one attached hydrogen (secondary N) is 1. The van der Waals surface area contributed by atoms with Gasteiger partial charge in [0.1, 0.15) is 23.5 Å². The molecule has 1 aromatic heterocycles. The van der Waals surface area contributed by atoms with Gasteiger partial charge in [-0.15, -0.1) is 0 Å². The molecule has 0 spiro atoms. The minimum absolute atomic E-state index is 0.0966. The zero-order chi connectivity index (χ0) is 27.9. The molecule has 0 aliphatic carbocycles. The number of hydrogen-bond acceptors (Lipinski definition) is 7. The van der Waals surface area contributed by atoms with Gasteiger partial charge in [0, 0.05) is 28.6 Å². The van der Waals surface area contributed by atoms with Gasteiger partial charge < -0.3 is 23.9 Å². The molecule has 8 nitrogen and oxygen atoms in total. The van der Waals surface area contributed by atoms with Gasteiger partial charge in [-0.25, -0.2) is 9.59 Å². The lowest BCUT2D eigenvalue weighted by molar-refractivity contribution is -0.128. The van der Waals surface area contributed by atoms with Crippen LogP contribution < -0.4 is 25.2 Å². The van der Waals surface area contributed by atoms with Gasteiger partial charge in [0.05, 0.1) is 7.11 Å². The topological polar surface area (TPSA) is 104 Å². The van der Waals surface area contributed by atoms with Crippen molar-refractivity contribution < 1.29 is 28.2 Å². The highest BCUT2D eigenvalue weighted by atomic mass is 35.5. The second kappa shape index (κ2) is 12.3. The maximum absolute atomic E-state index is 12.4. The van der Waals surface area contributed by atoms with Crippen molar-refractivity contribution in [1.29, 1.82) is 0 Å². The number of methoxy groups -OCH3 is 1. The fraction of sp³-hybridized carbons (Fsp3) is 0.167. The van der Waals surface area contributed by atoms with Crippen LogP contribution in [0.3, 0.4) is 0 Å². The molecule has 4 rings (SSSR count). The average Bonchev–Trinajstić information content (AvgIpc) is 2.91. The SMILES string of the molecule is COc1cc(/C=C/C(=O)Oc2ccc3cc(C(=O)NC(C)C)c(=O)oc3c2)ccc1OCc1ccc(Cl)cc1. The van der Waals surface area contributed by atoms with E-state index in [1.807, 2.05) is 12.1 Å². The zero-order valence-electron chi connectivity index (χ0n) is 21.5. The fourth-order valence-corrected chi connectivity index (χ4v) is 3.74. The van der Waals surface area contributed by atoms with Crippen molar-refractivity contribution in [1.82, 2.24) is 5.32 Å². The van der Waals surface area contributed by atoms with Crippen LogP contribution in [-0.4, -0.2) is 25.0 Å². The summed E-state index contributed by atoms with van der Waals surface area (Å²) < 4.78 is 21.9. The highest BCUT2D eigenvalue weighted by molar-refractivity contribution is 6.30. The van der Waals surface area contributed by atoms with E-state index in [4.69, 9.17) is 30.2 Å². The number of benzene rings is 3. The minimum atomic E-state index is -0.779. The molecule has 200 valence electrons. The maximum Gasteiger partial charge on any atom is 0.349 e. The summed E-state index contributed by atoms with van der Waals surface area (Å²) in [4.78, 5) is 36.9. The molecule has 0 bridgehead atoms. The highest BCUT2D eigenvalue weighted by Gasteiger charge is 2.15. The van der Waals surface area contributed by atoms with Gasteiger partial charge in [-0.05, 0) is 73.5 Å². The lowest BCUT2D eigenvalue weighted by atomic mass is 10.1. The molecule has 0 aliphatic rings. The Bertz CT molecular complexity index is 1590. The van der Waals surface area contributed by atoms with Crippen LogP contribution >= 0.6 is 11.6 Å². The smallest absolute Gasteiger partial charge is 0.349 e. The van der Waals surface area contributed by atoms with E-state index < -0.39 is 17.5 Å². The van der Waals surface area contributed by atoms with Crippen molar-refractivity contribution in [3.05, 3.63) is 105 Å². The van der Waals surface area contributed by atoms with E-state index in [0.717, 1.165) is 5.56 Å². The van der Waals surface area contributed by atoms with Crippen LogP contribution in [0.2, 0.25) is 5.02 Å². The Kier molecular flexibility index (Phi) is 8.68. The first-order chi connectivity index (χ1) is 18.7. The number of ether oxygens (including phenoxy) is 3. The van der Waals surface area contributed by atoms with Gasteiger partial charge in [0.15, 0.2) is 11.5 Å². The number of fused-ring (bicyclic) bond motifs is 1. The summed E-state index contributed by atoms with van der Waals surface area (Å²) in [5.41, 5.74) is 0.964. The quantitative estimate of drug-likeness (QED) is 0.122. The first kappa shape index (κ1) is 27.5. The molecule has 39 heavy (non-hydrogen) atoms. The Balaban J connectivity index is 1.41. The van der Waals surface area contributed by atoms with Gasteiger partial charge in [0.25, 0.3) is 5.91 Å². The van der Waals surface area contributed by atoms with Crippen LogP contribution in [0.5, 0.6) is 17.2 Å². The number of hydrogen-bond donors (Lipinski definition) is 1. The summed E-state index contributed by atoms with van der Waals surface area (Å²) in [5, 5.41) is 3.83. The number of halogens is 1. The van der Waals surface area contributed by atoms with Crippen molar-refractivity contribution in [3.63, 3.8) is 0 Å². The molecule has 0 unspecified atom stereocenters. The van der Waals surface area contributed by atoms with E-state index in [1.54, 1.807) is 62.4 Å². The lowest BCUT2D eigenvalue weighted by Gasteiger charge is -2.11. The molecule has 1 amide bonds. The zero-order valence-corrected chi connectivity index (χ0v) is 22.3. The van der Waals surface area contributed by atoms with Gasteiger partial charge in [-0.2, -0.15) is 0 Å². The summed E-state index contributed by atoms with van der Waals surface area (Å²) in [6.07, 6.45) is 2.84.